The standard InChI is InChI=1S/C27H40N4/c1-9-22(12-11-19(3)17-20(4)15-16-27(6,7)8)23-13-14-24-25(18-23)31-26(30-24)29-21(5)28-10-2/h9,11-14,18,20,28H,3,5,10,15-17H2,1-2,4,6-8H3,(H2,29,30,31)/b12-11-,22-9+. The number of allylic oxidation sites excluding steroid dienone is 5. The highest BCUT2D eigenvalue weighted by atomic mass is 15.2. The summed E-state index contributed by atoms with van der Waals surface area (Å²) in [5.41, 5.74) is 5.81. The number of hydrogen-bond donors (Lipinski definition) is 3. The van der Waals surface area contributed by atoms with Crippen molar-refractivity contribution in [1.29, 1.82) is 0 Å². The molecule has 0 saturated carbocycles. The third-order valence-electron chi connectivity index (χ3n) is 5.28. The van der Waals surface area contributed by atoms with E-state index in [9.17, 15) is 0 Å². The molecule has 1 heterocycles. The minimum atomic E-state index is 0.393. The van der Waals surface area contributed by atoms with Crippen molar-refractivity contribution in [3.8, 4) is 0 Å². The highest BCUT2D eigenvalue weighted by molar-refractivity contribution is 5.85. The van der Waals surface area contributed by atoms with E-state index in [0.29, 0.717) is 17.3 Å². The molecule has 0 bridgehead atoms. The molecule has 0 spiro atoms. The van der Waals surface area contributed by atoms with E-state index in [-0.39, 0.29) is 0 Å². The van der Waals surface area contributed by atoms with Gasteiger partial charge >= 0.3 is 0 Å². The first-order chi connectivity index (χ1) is 14.6. The lowest BCUT2D eigenvalue weighted by Gasteiger charge is -2.21. The zero-order valence-electron chi connectivity index (χ0n) is 20.2. The molecule has 0 aliphatic carbocycles. The Morgan fingerprint density at radius 3 is 2.61 bits per heavy atom. The van der Waals surface area contributed by atoms with Crippen LogP contribution in [0.15, 0.2) is 61.0 Å². The Morgan fingerprint density at radius 2 is 1.97 bits per heavy atom. The van der Waals surface area contributed by atoms with Crippen molar-refractivity contribution in [2.45, 2.75) is 60.8 Å². The SMILES string of the molecule is C=C(/C=C\C(=C/C)c1ccc2nc(NC(=C)NCC)[nH]c2c1)CC(C)CCC(C)(C)C. The summed E-state index contributed by atoms with van der Waals surface area (Å²) in [6.45, 7) is 22.4. The molecule has 0 amide bonds. The molecule has 2 rings (SSSR count). The Balaban J connectivity index is 2.04. The van der Waals surface area contributed by atoms with Gasteiger partial charge in [-0.1, -0.05) is 70.7 Å². The van der Waals surface area contributed by atoms with Crippen LogP contribution < -0.4 is 10.6 Å². The minimum Gasteiger partial charge on any atom is -0.372 e. The van der Waals surface area contributed by atoms with Crippen molar-refractivity contribution in [2.24, 2.45) is 11.3 Å². The number of H-pyrrole nitrogens is 1. The van der Waals surface area contributed by atoms with Crippen molar-refractivity contribution in [3.05, 3.63) is 66.5 Å². The van der Waals surface area contributed by atoms with Crippen LogP contribution in [0.2, 0.25) is 0 Å². The largest absolute Gasteiger partial charge is 0.372 e. The molecule has 31 heavy (non-hydrogen) atoms. The van der Waals surface area contributed by atoms with Gasteiger partial charge in [-0.15, -0.1) is 0 Å². The molecular formula is C27H40N4. The maximum Gasteiger partial charge on any atom is 0.206 e. The highest BCUT2D eigenvalue weighted by Crippen LogP contribution is 2.27. The second kappa shape index (κ2) is 11.0. The van der Waals surface area contributed by atoms with Crippen molar-refractivity contribution < 1.29 is 0 Å². The van der Waals surface area contributed by atoms with Gasteiger partial charge in [0, 0.05) is 6.54 Å². The van der Waals surface area contributed by atoms with E-state index in [4.69, 9.17) is 0 Å². The summed E-state index contributed by atoms with van der Waals surface area (Å²) in [6, 6.07) is 6.29. The lowest BCUT2D eigenvalue weighted by atomic mass is 9.85. The topological polar surface area (TPSA) is 52.7 Å². The molecule has 4 heteroatoms. The Kier molecular flexibility index (Phi) is 8.73. The van der Waals surface area contributed by atoms with Crippen LogP contribution in [0.25, 0.3) is 16.6 Å². The lowest BCUT2D eigenvalue weighted by molar-refractivity contribution is 0.330. The summed E-state index contributed by atoms with van der Waals surface area (Å²) in [5, 5.41) is 6.30. The Bertz CT molecular complexity index is 953. The maximum atomic E-state index is 4.58. The fraction of sp³-hybridized carbons (Fsp3) is 0.444. The predicted octanol–water partition coefficient (Wildman–Crippen LogP) is 7.42. The molecule has 4 nitrogen and oxygen atoms in total. The number of aromatic nitrogens is 2. The monoisotopic (exact) mass is 420 g/mol. The number of benzene rings is 1. The van der Waals surface area contributed by atoms with Gasteiger partial charge in [0.25, 0.3) is 0 Å². The molecule has 1 atom stereocenters. The number of hydrogen-bond acceptors (Lipinski definition) is 3. The van der Waals surface area contributed by atoms with Gasteiger partial charge in [0.2, 0.25) is 5.95 Å². The second-order valence-corrected chi connectivity index (χ2v) is 9.60. The van der Waals surface area contributed by atoms with Crippen LogP contribution in [0.4, 0.5) is 5.95 Å². The van der Waals surface area contributed by atoms with E-state index in [1.54, 1.807) is 0 Å². The third-order valence-corrected chi connectivity index (χ3v) is 5.28. The molecular weight excluding hydrogens is 380 g/mol. The molecule has 1 aromatic carbocycles. The number of nitrogens with zero attached hydrogens (tertiary/aromatic N) is 1. The summed E-state index contributed by atoms with van der Waals surface area (Å²) >= 11 is 0. The normalized spacial score (nSPS) is 13.5. The first-order valence-electron chi connectivity index (χ1n) is 11.3. The molecule has 1 unspecified atom stereocenters. The Labute approximate surface area is 188 Å². The van der Waals surface area contributed by atoms with Gasteiger partial charge in [-0.25, -0.2) is 4.98 Å². The molecule has 0 fully saturated rings. The number of fused-ring (bicyclic) bond motifs is 1. The van der Waals surface area contributed by atoms with E-state index in [2.05, 4.69) is 98.7 Å². The number of anilines is 1. The summed E-state index contributed by atoms with van der Waals surface area (Å²) in [6.07, 6.45) is 9.98. The summed E-state index contributed by atoms with van der Waals surface area (Å²) in [4.78, 5) is 7.91. The van der Waals surface area contributed by atoms with Crippen LogP contribution in [-0.2, 0) is 0 Å². The van der Waals surface area contributed by atoms with E-state index in [1.165, 1.54) is 24.0 Å². The highest BCUT2D eigenvalue weighted by Gasteiger charge is 2.13. The van der Waals surface area contributed by atoms with E-state index in [1.807, 2.05) is 13.0 Å². The average molecular weight is 421 g/mol. The van der Waals surface area contributed by atoms with Gasteiger partial charge in [0.1, 0.15) is 0 Å². The number of rotatable bonds is 11. The Morgan fingerprint density at radius 1 is 1.23 bits per heavy atom. The number of aromatic amines is 1. The molecule has 0 aliphatic heterocycles. The van der Waals surface area contributed by atoms with Crippen LogP contribution in [0.5, 0.6) is 0 Å². The van der Waals surface area contributed by atoms with Gasteiger partial charge < -0.3 is 15.6 Å². The zero-order valence-corrected chi connectivity index (χ0v) is 20.2. The predicted molar refractivity (Wildman–Crippen MR) is 137 cm³/mol. The van der Waals surface area contributed by atoms with E-state index >= 15 is 0 Å². The van der Waals surface area contributed by atoms with Gasteiger partial charge in [-0.3, -0.25) is 0 Å². The minimum absolute atomic E-state index is 0.393. The zero-order chi connectivity index (χ0) is 23.0. The first-order valence-corrected chi connectivity index (χ1v) is 11.3. The van der Waals surface area contributed by atoms with Gasteiger partial charge in [-0.2, -0.15) is 0 Å². The van der Waals surface area contributed by atoms with Crippen LogP contribution in [-0.4, -0.2) is 16.5 Å². The van der Waals surface area contributed by atoms with Crippen LogP contribution >= 0.6 is 0 Å². The average Bonchev–Trinajstić information content (AvgIpc) is 3.08. The van der Waals surface area contributed by atoms with Gasteiger partial charge in [0.15, 0.2) is 0 Å². The number of imidazole rings is 1. The van der Waals surface area contributed by atoms with Crippen molar-refractivity contribution in [2.75, 3.05) is 11.9 Å². The summed E-state index contributed by atoms with van der Waals surface area (Å²) < 4.78 is 0. The maximum absolute atomic E-state index is 4.58. The van der Waals surface area contributed by atoms with E-state index in [0.717, 1.165) is 35.4 Å². The Hall–Kier alpha value is -2.75. The van der Waals surface area contributed by atoms with Crippen molar-refractivity contribution in [3.63, 3.8) is 0 Å². The van der Waals surface area contributed by atoms with Crippen LogP contribution in [0, 0.1) is 11.3 Å². The molecule has 168 valence electrons. The van der Waals surface area contributed by atoms with Gasteiger partial charge in [0.05, 0.1) is 16.9 Å². The fourth-order valence-corrected chi connectivity index (χ4v) is 3.51. The van der Waals surface area contributed by atoms with Crippen molar-refractivity contribution in [1.82, 2.24) is 15.3 Å². The fourth-order valence-electron chi connectivity index (χ4n) is 3.51. The molecule has 0 saturated heterocycles. The van der Waals surface area contributed by atoms with Gasteiger partial charge in [-0.05, 0) is 67.7 Å². The smallest absolute Gasteiger partial charge is 0.206 e. The van der Waals surface area contributed by atoms with Crippen LogP contribution in [0.3, 0.4) is 0 Å². The van der Waals surface area contributed by atoms with Crippen molar-refractivity contribution >= 4 is 22.6 Å². The summed E-state index contributed by atoms with van der Waals surface area (Å²) in [5.74, 6) is 2.07. The quantitative estimate of drug-likeness (QED) is 0.331. The van der Waals surface area contributed by atoms with Crippen LogP contribution in [0.1, 0.15) is 66.4 Å². The molecule has 3 N–H and O–H groups in total. The molecule has 0 aliphatic rings. The molecule has 1 aromatic heterocycles. The lowest BCUT2D eigenvalue weighted by Crippen LogP contribution is -2.18. The molecule has 2 aromatic rings. The summed E-state index contributed by atoms with van der Waals surface area (Å²) in [7, 11) is 0. The molecule has 0 radical (unpaired) electrons. The number of nitrogens with one attached hydrogen (secondary N) is 3. The first kappa shape index (κ1) is 24.5. The second-order valence-electron chi connectivity index (χ2n) is 9.60. The van der Waals surface area contributed by atoms with E-state index < -0.39 is 0 Å². The third kappa shape index (κ3) is 8.12.